The van der Waals surface area contributed by atoms with Crippen molar-refractivity contribution >= 4 is 39.0 Å². The first-order valence-corrected chi connectivity index (χ1v) is 9.85. The Labute approximate surface area is 176 Å². The van der Waals surface area contributed by atoms with E-state index >= 15 is 0 Å². The standard InChI is InChI=1S/C21H21BrN2O5/c1-4-27-17-10-13(9-15(22)20(17)28-5-2)12-23-24-21(25)18-11-14-7-6-8-16(26-3)19(14)29-18/h6-12H,4-5H2,1-3H3,(H,24,25)/b23-12-. The van der Waals surface area contributed by atoms with Crippen LogP contribution in [0.3, 0.4) is 0 Å². The van der Waals surface area contributed by atoms with Crippen molar-refractivity contribution in [3.05, 3.63) is 52.2 Å². The highest BCUT2D eigenvalue weighted by Gasteiger charge is 2.15. The number of rotatable bonds is 8. The summed E-state index contributed by atoms with van der Waals surface area (Å²) in [5.74, 6) is 1.47. The van der Waals surface area contributed by atoms with Gasteiger partial charge in [-0.05, 0) is 59.6 Å². The summed E-state index contributed by atoms with van der Waals surface area (Å²) in [5.41, 5.74) is 3.71. The van der Waals surface area contributed by atoms with Crippen molar-refractivity contribution in [2.24, 2.45) is 5.10 Å². The van der Waals surface area contributed by atoms with Gasteiger partial charge in [-0.15, -0.1) is 0 Å². The number of amides is 1. The second-order valence-corrected chi connectivity index (χ2v) is 6.74. The second-order valence-electron chi connectivity index (χ2n) is 5.88. The van der Waals surface area contributed by atoms with Crippen molar-refractivity contribution < 1.29 is 23.4 Å². The van der Waals surface area contributed by atoms with Crippen LogP contribution in [0, 0.1) is 0 Å². The summed E-state index contributed by atoms with van der Waals surface area (Å²) >= 11 is 3.48. The minimum Gasteiger partial charge on any atom is -0.493 e. The van der Waals surface area contributed by atoms with Gasteiger partial charge in [-0.1, -0.05) is 12.1 Å². The summed E-state index contributed by atoms with van der Waals surface area (Å²) in [5, 5.41) is 4.79. The molecule has 1 amide bonds. The summed E-state index contributed by atoms with van der Waals surface area (Å²) in [6, 6.07) is 10.7. The van der Waals surface area contributed by atoms with Crippen LogP contribution in [-0.4, -0.2) is 32.4 Å². The van der Waals surface area contributed by atoms with Crippen molar-refractivity contribution in [2.75, 3.05) is 20.3 Å². The maximum atomic E-state index is 12.4. The first kappa shape index (κ1) is 20.7. The highest BCUT2D eigenvalue weighted by Crippen LogP contribution is 2.36. The third-order valence-corrected chi connectivity index (χ3v) is 4.54. The molecular formula is C21H21BrN2O5. The number of nitrogens with one attached hydrogen (secondary N) is 1. The predicted octanol–water partition coefficient (Wildman–Crippen LogP) is 4.77. The van der Waals surface area contributed by atoms with Gasteiger partial charge in [0.2, 0.25) is 0 Å². The Balaban J connectivity index is 1.76. The number of nitrogens with zero attached hydrogens (tertiary/aromatic N) is 1. The number of furan rings is 1. The number of fused-ring (bicyclic) bond motifs is 1. The fourth-order valence-corrected chi connectivity index (χ4v) is 3.31. The molecule has 0 radical (unpaired) electrons. The number of hydrogen-bond donors (Lipinski definition) is 1. The predicted molar refractivity (Wildman–Crippen MR) is 114 cm³/mol. The van der Waals surface area contributed by atoms with Gasteiger partial charge in [-0.25, -0.2) is 5.43 Å². The van der Waals surface area contributed by atoms with Crippen LogP contribution < -0.4 is 19.6 Å². The maximum Gasteiger partial charge on any atom is 0.307 e. The minimum absolute atomic E-state index is 0.143. The summed E-state index contributed by atoms with van der Waals surface area (Å²) < 4.78 is 22.8. The zero-order valence-electron chi connectivity index (χ0n) is 16.3. The first-order chi connectivity index (χ1) is 14.1. The minimum atomic E-state index is -0.463. The largest absolute Gasteiger partial charge is 0.493 e. The number of halogens is 1. The number of para-hydroxylation sites is 1. The molecule has 0 saturated heterocycles. The van der Waals surface area contributed by atoms with E-state index < -0.39 is 5.91 Å². The summed E-state index contributed by atoms with van der Waals surface area (Å²) in [6.45, 7) is 4.82. The highest BCUT2D eigenvalue weighted by molar-refractivity contribution is 9.10. The molecule has 7 nitrogen and oxygen atoms in total. The van der Waals surface area contributed by atoms with E-state index in [-0.39, 0.29) is 5.76 Å². The monoisotopic (exact) mass is 460 g/mol. The number of methoxy groups -OCH3 is 1. The molecule has 0 spiro atoms. The maximum absolute atomic E-state index is 12.4. The van der Waals surface area contributed by atoms with E-state index in [2.05, 4.69) is 26.5 Å². The number of benzene rings is 2. The summed E-state index contributed by atoms with van der Waals surface area (Å²) in [7, 11) is 1.55. The zero-order valence-corrected chi connectivity index (χ0v) is 17.9. The molecule has 2 aromatic carbocycles. The molecule has 0 unspecified atom stereocenters. The molecule has 0 fully saturated rings. The van der Waals surface area contributed by atoms with Crippen LogP contribution in [0.15, 0.2) is 50.4 Å². The van der Waals surface area contributed by atoms with E-state index in [1.165, 1.54) is 6.21 Å². The molecule has 0 aliphatic heterocycles. The van der Waals surface area contributed by atoms with Gasteiger partial charge >= 0.3 is 5.91 Å². The Bertz CT molecular complexity index is 1040. The highest BCUT2D eigenvalue weighted by atomic mass is 79.9. The lowest BCUT2D eigenvalue weighted by Crippen LogP contribution is -2.16. The molecule has 1 N–H and O–H groups in total. The van der Waals surface area contributed by atoms with Crippen LogP contribution in [0.5, 0.6) is 17.2 Å². The van der Waals surface area contributed by atoms with Crippen molar-refractivity contribution in [3.8, 4) is 17.2 Å². The molecule has 0 aliphatic carbocycles. The van der Waals surface area contributed by atoms with E-state index in [0.717, 1.165) is 15.4 Å². The molecule has 152 valence electrons. The molecule has 1 heterocycles. The Morgan fingerprint density at radius 2 is 1.97 bits per heavy atom. The van der Waals surface area contributed by atoms with Gasteiger partial charge in [0.15, 0.2) is 28.6 Å². The fourth-order valence-electron chi connectivity index (χ4n) is 2.74. The van der Waals surface area contributed by atoms with E-state index in [1.807, 2.05) is 32.0 Å². The first-order valence-electron chi connectivity index (χ1n) is 9.06. The topological polar surface area (TPSA) is 82.3 Å². The lowest BCUT2D eigenvalue weighted by Gasteiger charge is -2.13. The van der Waals surface area contributed by atoms with Gasteiger partial charge in [0.1, 0.15) is 0 Å². The lowest BCUT2D eigenvalue weighted by atomic mass is 10.2. The van der Waals surface area contributed by atoms with E-state index in [0.29, 0.717) is 36.0 Å². The third kappa shape index (κ3) is 4.71. The Morgan fingerprint density at radius 3 is 2.69 bits per heavy atom. The van der Waals surface area contributed by atoms with Crippen LogP contribution in [-0.2, 0) is 0 Å². The average molecular weight is 461 g/mol. The molecular weight excluding hydrogens is 440 g/mol. The summed E-state index contributed by atoms with van der Waals surface area (Å²) in [6.07, 6.45) is 1.52. The molecule has 1 aromatic heterocycles. The van der Waals surface area contributed by atoms with Crippen LogP contribution in [0.4, 0.5) is 0 Å². The van der Waals surface area contributed by atoms with Gasteiger partial charge in [0, 0.05) is 5.39 Å². The number of carbonyl (C=O) groups excluding carboxylic acids is 1. The number of hydrogen-bond acceptors (Lipinski definition) is 6. The normalized spacial score (nSPS) is 11.0. The number of carbonyl (C=O) groups is 1. The second kappa shape index (κ2) is 9.47. The van der Waals surface area contributed by atoms with Gasteiger partial charge in [0.25, 0.3) is 0 Å². The molecule has 29 heavy (non-hydrogen) atoms. The number of ether oxygens (including phenoxy) is 3. The SMILES string of the molecule is CCOc1cc(/C=N\NC(=O)c2cc3cccc(OC)c3o2)cc(Br)c1OCC. The molecule has 8 heteroatoms. The van der Waals surface area contributed by atoms with Gasteiger partial charge < -0.3 is 18.6 Å². The smallest absolute Gasteiger partial charge is 0.307 e. The zero-order chi connectivity index (χ0) is 20.8. The molecule has 0 aliphatic rings. The Kier molecular flexibility index (Phi) is 6.77. The third-order valence-electron chi connectivity index (χ3n) is 3.95. The van der Waals surface area contributed by atoms with Crippen LogP contribution in [0.25, 0.3) is 11.0 Å². The molecule has 3 aromatic rings. The quantitative estimate of drug-likeness (QED) is 0.386. The molecule has 0 atom stereocenters. The molecule has 0 bridgehead atoms. The Morgan fingerprint density at radius 1 is 1.17 bits per heavy atom. The fraction of sp³-hybridized carbons (Fsp3) is 0.238. The van der Waals surface area contributed by atoms with Gasteiger partial charge in [-0.3, -0.25) is 4.79 Å². The van der Waals surface area contributed by atoms with Crippen molar-refractivity contribution in [3.63, 3.8) is 0 Å². The van der Waals surface area contributed by atoms with Gasteiger partial charge in [0.05, 0.1) is 31.0 Å². The van der Waals surface area contributed by atoms with Crippen molar-refractivity contribution in [1.29, 1.82) is 0 Å². The van der Waals surface area contributed by atoms with Crippen LogP contribution in [0.2, 0.25) is 0 Å². The van der Waals surface area contributed by atoms with Crippen molar-refractivity contribution in [1.82, 2.24) is 5.43 Å². The molecule has 3 rings (SSSR count). The summed E-state index contributed by atoms with van der Waals surface area (Å²) in [4.78, 5) is 12.4. The van der Waals surface area contributed by atoms with E-state index in [9.17, 15) is 4.79 Å². The van der Waals surface area contributed by atoms with Crippen LogP contribution >= 0.6 is 15.9 Å². The number of hydrazone groups is 1. The average Bonchev–Trinajstić information content (AvgIpc) is 3.15. The van der Waals surface area contributed by atoms with E-state index in [4.69, 9.17) is 18.6 Å². The van der Waals surface area contributed by atoms with Crippen molar-refractivity contribution in [2.45, 2.75) is 13.8 Å². The lowest BCUT2D eigenvalue weighted by molar-refractivity contribution is 0.0929. The molecule has 0 saturated carbocycles. The Hall–Kier alpha value is -3.00. The van der Waals surface area contributed by atoms with Gasteiger partial charge in [-0.2, -0.15) is 5.10 Å². The van der Waals surface area contributed by atoms with E-state index in [1.54, 1.807) is 25.3 Å². The van der Waals surface area contributed by atoms with Crippen LogP contribution in [0.1, 0.15) is 30.0 Å².